The molecule has 0 aliphatic heterocycles. The molecule has 1 atom stereocenters. The molecule has 130 valence electrons. The van der Waals surface area contributed by atoms with E-state index >= 15 is 0 Å². The summed E-state index contributed by atoms with van der Waals surface area (Å²) in [5.74, 6) is 0.855. The maximum absolute atomic E-state index is 12.0. The van der Waals surface area contributed by atoms with Gasteiger partial charge >= 0.3 is 0 Å². The van der Waals surface area contributed by atoms with Gasteiger partial charge in [0, 0.05) is 7.05 Å². The number of benzene rings is 1. The molecule has 0 bridgehead atoms. The van der Waals surface area contributed by atoms with Crippen LogP contribution in [0.5, 0.6) is 5.75 Å². The number of anilines is 1. The van der Waals surface area contributed by atoms with Gasteiger partial charge in [-0.05, 0) is 43.3 Å². The zero-order valence-electron chi connectivity index (χ0n) is 13.7. The van der Waals surface area contributed by atoms with Crippen LogP contribution < -0.4 is 14.4 Å². The SMILES string of the molecule is C[C@@H](Oc1ccc(N(C)S(C)(=O)=O)cc1)C(=O)NCc1ccco1. The predicted octanol–water partition coefficient (Wildman–Crippen LogP) is 1.76. The molecule has 0 radical (unpaired) electrons. The molecule has 8 heteroatoms. The van der Waals surface area contributed by atoms with E-state index in [1.807, 2.05) is 0 Å². The molecule has 0 aliphatic carbocycles. The van der Waals surface area contributed by atoms with Crippen molar-refractivity contribution >= 4 is 21.6 Å². The second-order valence-corrected chi connectivity index (χ2v) is 7.30. The van der Waals surface area contributed by atoms with E-state index in [9.17, 15) is 13.2 Å². The van der Waals surface area contributed by atoms with Crippen molar-refractivity contribution in [2.24, 2.45) is 0 Å². The Kier molecular flexibility index (Phi) is 5.50. The number of nitrogens with one attached hydrogen (secondary N) is 1. The van der Waals surface area contributed by atoms with Crippen LogP contribution in [0.25, 0.3) is 0 Å². The Labute approximate surface area is 141 Å². The van der Waals surface area contributed by atoms with Gasteiger partial charge in [0.15, 0.2) is 6.10 Å². The van der Waals surface area contributed by atoms with Crippen LogP contribution in [-0.2, 0) is 21.4 Å². The number of sulfonamides is 1. The number of hydrogen-bond donors (Lipinski definition) is 1. The lowest BCUT2D eigenvalue weighted by Crippen LogP contribution is -2.35. The Morgan fingerprint density at radius 2 is 1.96 bits per heavy atom. The van der Waals surface area contributed by atoms with Crippen LogP contribution in [0.4, 0.5) is 5.69 Å². The van der Waals surface area contributed by atoms with E-state index in [-0.39, 0.29) is 12.5 Å². The second-order valence-electron chi connectivity index (χ2n) is 5.28. The summed E-state index contributed by atoms with van der Waals surface area (Å²) in [5.41, 5.74) is 0.514. The molecule has 2 rings (SSSR count). The molecule has 0 aliphatic rings. The number of carbonyl (C=O) groups excluding carboxylic acids is 1. The molecule has 1 aromatic heterocycles. The number of amides is 1. The smallest absolute Gasteiger partial charge is 0.261 e. The molecule has 1 amide bonds. The largest absolute Gasteiger partial charge is 0.481 e. The summed E-state index contributed by atoms with van der Waals surface area (Å²) >= 11 is 0. The molecule has 0 spiro atoms. The van der Waals surface area contributed by atoms with Crippen LogP contribution >= 0.6 is 0 Å². The molecular weight excluding hydrogens is 332 g/mol. The van der Waals surface area contributed by atoms with Gasteiger partial charge in [-0.25, -0.2) is 8.42 Å². The van der Waals surface area contributed by atoms with Crippen molar-refractivity contribution < 1.29 is 22.4 Å². The van der Waals surface area contributed by atoms with E-state index in [1.54, 1.807) is 43.3 Å². The highest BCUT2D eigenvalue weighted by molar-refractivity contribution is 7.92. The Bertz CT molecular complexity index is 769. The lowest BCUT2D eigenvalue weighted by Gasteiger charge is -2.18. The fourth-order valence-electron chi connectivity index (χ4n) is 1.91. The van der Waals surface area contributed by atoms with Crippen molar-refractivity contribution in [3.63, 3.8) is 0 Å². The average Bonchev–Trinajstić information content (AvgIpc) is 3.05. The minimum atomic E-state index is -3.31. The van der Waals surface area contributed by atoms with Crippen molar-refractivity contribution in [1.29, 1.82) is 0 Å². The lowest BCUT2D eigenvalue weighted by atomic mass is 10.3. The van der Waals surface area contributed by atoms with Crippen LogP contribution in [0, 0.1) is 0 Å². The van der Waals surface area contributed by atoms with Gasteiger partial charge in [0.05, 0.1) is 24.8 Å². The first-order valence-corrected chi connectivity index (χ1v) is 9.13. The third-order valence-electron chi connectivity index (χ3n) is 3.40. The molecule has 1 N–H and O–H groups in total. The highest BCUT2D eigenvalue weighted by Crippen LogP contribution is 2.21. The van der Waals surface area contributed by atoms with E-state index in [1.165, 1.54) is 13.3 Å². The van der Waals surface area contributed by atoms with E-state index in [4.69, 9.17) is 9.15 Å². The Morgan fingerprint density at radius 1 is 1.29 bits per heavy atom. The summed E-state index contributed by atoms with van der Waals surface area (Å²) in [6.07, 6.45) is 1.97. The second kappa shape index (κ2) is 7.39. The minimum absolute atomic E-state index is 0.274. The molecule has 1 aromatic carbocycles. The van der Waals surface area contributed by atoms with Crippen LogP contribution in [0.1, 0.15) is 12.7 Å². The van der Waals surface area contributed by atoms with E-state index in [0.717, 1.165) is 10.6 Å². The summed E-state index contributed by atoms with van der Waals surface area (Å²) in [6.45, 7) is 1.92. The van der Waals surface area contributed by atoms with Crippen molar-refractivity contribution in [2.45, 2.75) is 19.6 Å². The summed E-state index contributed by atoms with van der Waals surface area (Å²) < 4.78 is 34.8. The zero-order chi connectivity index (χ0) is 17.7. The average molecular weight is 352 g/mol. The topological polar surface area (TPSA) is 88.8 Å². The van der Waals surface area contributed by atoms with Gasteiger partial charge in [0.25, 0.3) is 5.91 Å². The normalized spacial score (nSPS) is 12.5. The summed E-state index contributed by atoms with van der Waals surface area (Å²) in [5, 5.41) is 2.71. The van der Waals surface area contributed by atoms with E-state index in [2.05, 4.69) is 5.32 Å². The first-order chi connectivity index (χ1) is 11.3. The lowest BCUT2D eigenvalue weighted by molar-refractivity contribution is -0.127. The first kappa shape index (κ1) is 17.9. The minimum Gasteiger partial charge on any atom is -0.481 e. The van der Waals surface area contributed by atoms with Gasteiger partial charge in [-0.3, -0.25) is 9.10 Å². The van der Waals surface area contributed by atoms with Gasteiger partial charge in [-0.2, -0.15) is 0 Å². The zero-order valence-corrected chi connectivity index (χ0v) is 14.5. The molecule has 0 saturated heterocycles. The number of furan rings is 1. The van der Waals surface area contributed by atoms with Gasteiger partial charge in [0.1, 0.15) is 11.5 Å². The number of hydrogen-bond acceptors (Lipinski definition) is 5. The Hall–Kier alpha value is -2.48. The molecule has 1 heterocycles. The summed E-state index contributed by atoms with van der Waals surface area (Å²) in [4.78, 5) is 12.0. The Morgan fingerprint density at radius 3 is 2.50 bits per heavy atom. The standard InChI is InChI=1S/C16H20N2O5S/c1-12(16(19)17-11-15-5-4-10-22-15)23-14-8-6-13(7-9-14)18(2)24(3,20)21/h4-10,12H,11H2,1-3H3,(H,17,19)/t12-/m1/s1. The van der Waals surface area contributed by atoms with Crippen LogP contribution in [-0.4, -0.2) is 33.7 Å². The van der Waals surface area contributed by atoms with E-state index < -0.39 is 16.1 Å². The maximum atomic E-state index is 12.0. The van der Waals surface area contributed by atoms with Gasteiger partial charge in [0.2, 0.25) is 10.0 Å². The van der Waals surface area contributed by atoms with Gasteiger partial charge in [-0.1, -0.05) is 0 Å². The number of nitrogens with zero attached hydrogens (tertiary/aromatic N) is 1. The maximum Gasteiger partial charge on any atom is 0.261 e. The van der Waals surface area contributed by atoms with Crippen molar-refractivity contribution in [2.75, 3.05) is 17.6 Å². The van der Waals surface area contributed by atoms with Gasteiger partial charge < -0.3 is 14.5 Å². The van der Waals surface area contributed by atoms with Crippen LogP contribution in [0.3, 0.4) is 0 Å². The molecule has 7 nitrogen and oxygen atoms in total. The summed E-state index contributed by atoms with van der Waals surface area (Å²) in [6, 6.07) is 9.98. The third-order valence-corrected chi connectivity index (χ3v) is 4.60. The third kappa shape index (κ3) is 4.76. The van der Waals surface area contributed by atoms with Crippen molar-refractivity contribution in [3.8, 4) is 5.75 Å². The quantitative estimate of drug-likeness (QED) is 0.820. The fourth-order valence-corrected chi connectivity index (χ4v) is 2.42. The molecule has 24 heavy (non-hydrogen) atoms. The molecule has 0 saturated carbocycles. The molecule has 0 unspecified atom stereocenters. The highest BCUT2D eigenvalue weighted by atomic mass is 32.2. The van der Waals surface area contributed by atoms with Crippen molar-refractivity contribution in [3.05, 3.63) is 48.4 Å². The first-order valence-electron chi connectivity index (χ1n) is 7.28. The van der Waals surface area contributed by atoms with E-state index in [0.29, 0.717) is 17.2 Å². The van der Waals surface area contributed by atoms with Crippen molar-refractivity contribution in [1.82, 2.24) is 5.32 Å². The van der Waals surface area contributed by atoms with Crippen LogP contribution in [0.15, 0.2) is 47.1 Å². The molecule has 2 aromatic rings. The number of carbonyl (C=O) groups is 1. The Balaban J connectivity index is 1.91. The molecular formula is C16H20N2O5S. The summed E-state index contributed by atoms with van der Waals surface area (Å²) in [7, 11) is -1.85. The van der Waals surface area contributed by atoms with Gasteiger partial charge in [-0.15, -0.1) is 0 Å². The molecule has 0 fully saturated rings. The monoisotopic (exact) mass is 352 g/mol. The predicted molar refractivity (Wildman–Crippen MR) is 90.3 cm³/mol. The van der Waals surface area contributed by atoms with Crippen LogP contribution in [0.2, 0.25) is 0 Å². The number of ether oxygens (including phenoxy) is 1. The highest BCUT2D eigenvalue weighted by Gasteiger charge is 2.16. The fraction of sp³-hybridized carbons (Fsp3) is 0.312. The number of rotatable bonds is 7.